The first kappa shape index (κ1) is 15.2. The third kappa shape index (κ3) is 2.48. The highest BCUT2D eigenvalue weighted by Crippen LogP contribution is 2.43. The minimum atomic E-state index is 0. The molecule has 0 N–H and O–H groups in total. The lowest BCUT2D eigenvalue weighted by atomic mass is 9.74. The molecule has 1 aliphatic rings. The van der Waals surface area contributed by atoms with Crippen molar-refractivity contribution in [3.05, 3.63) is 35.4 Å². The second-order valence-electron chi connectivity index (χ2n) is 4.73. The van der Waals surface area contributed by atoms with Gasteiger partial charge in [-0.3, -0.25) is 0 Å². The van der Waals surface area contributed by atoms with Gasteiger partial charge in [-0.2, -0.15) is 0 Å². The third-order valence-corrected chi connectivity index (χ3v) is 3.82. The molecule has 0 amide bonds. The summed E-state index contributed by atoms with van der Waals surface area (Å²) in [5.74, 6) is 0.746. The van der Waals surface area contributed by atoms with Crippen LogP contribution in [0.15, 0.2) is 24.3 Å². The molecule has 1 aromatic carbocycles. The van der Waals surface area contributed by atoms with Gasteiger partial charge in [0.05, 0.1) is 0 Å². The molecule has 0 aromatic heterocycles. The van der Waals surface area contributed by atoms with Crippen molar-refractivity contribution in [2.75, 3.05) is 0 Å². The smallest absolute Gasteiger partial charge is 0.00464 e. The number of hydrogen-bond donors (Lipinski definition) is 0. The molecule has 0 nitrogen and oxygen atoms in total. The highest BCUT2D eigenvalue weighted by atomic mass is 14.4. The van der Waals surface area contributed by atoms with Crippen molar-refractivity contribution in [1.29, 1.82) is 0 Å². The van der Waals surface area contributed by atoms with Gasteiger partial charge in [-0.1, -0.05) is 66.3 Å². The lowest BCUT2D eigenvalue weighted by Gasteiger charge is -2.30. The molecule has 0 spiro atoms. The Kier molecular flexibility index (Phi) is 5.78. The van der Waals surface area contributed by atoms with Crippen molar-refractivity contribution >= 4 is 0 Å². The number of aryl methyl sites for hydroxylation is 1. The van der Waals surface area contributed by atoms with Crippen LogP contribution in [0.3, 0.4) is 0 Å². The summed E-state index contributed by atoms with van der Waals surface area (Å²) < 4.78 is 0. The molecule has 0 bridgehead atoms. The Bertz CT molecular complexity index is 312. The summed E-state index contributed by atoms with van der Waals surface area (Å²) in [6.07, 6.45) is 2.59. The normalized spacial score (nSPS) is 21.9. The maximum atomic E-state index is 2.41. The highest BCUT2D eigenvalue weighted by molar-refractivity contribution is 5.39. The summed E-state index contributed by atoms with van der Waals surface area (Å²) in [7, 11) is 0. The molecule has 1 unspecified atom stereocenters. The highest BCUT2D eigenvalue weighted by Gasteiger charge is 2.36. The quantitative estimate of drug-likeness (QED) is 0.609. The van der Waals surface area contributed by atoms with Crippen LogP contribution in [0.4, 0.5) is 0 Å². The van der Waals surface area contributed by atoms with E-state index in [1.54, 1.807) is 11.1 Å². The molecule has 1 aromatic rings. The number of benzene rings is 1. The van der Waals surface area contributed by atoms with E-state index in [-0.39, 0.29) is 7.43 Å². The molecule has 0 heteroatoms. The summed E-state index contributed by atoms with van der Waals surface area (Å²) in [5, 5.41) is 0. The Morgan fingerprint density at radius 1 is 1.12 bits per heavy atom. The van der Waals surface area contributed by atoms with E-state index in [1.165, 1.54) is 12.8 Å². The lowest BCUT2D eigenvalue weighted by Crippen LogP contribution is -2.25. The van der Waals surface area contributed by atoms with Gasteiger partial charge in [-0.25, -0.2) is 0 Å². The fourth-order valence-electron chi connectivity index (χ4n) is 2.42. The summed E-state index contributed by atoms with van der Waals surface area (Å²) in [6.45, 7) is 11.1. The van der Waals surface area contributed by atoms with Crippen LogP contribution < -0.4 is 0 Å². The molecule has 1 aliphatic carbocycles. The maximum Gasteiger partial charge on any atom is -0.00464 e. The molecular formula is C16H28. The van der Waals surface area contributed by atoms with E-state index < -0.39 is 0 Å². The van der Waals surface area contributed by atoms with Crippen LogP contribution >= 0.6 is 0 Å². The van der Waals surface area contributed by atoms with Gasteiger partial charge < -0.3 is 0 Å². The van der Waals surface area contributed by atoms with Gasteiger partial charge in [-0.15, -0.1) is 0 Å². The Morgan fingerprint density at radius 2 is 1.69 bits per heavy atom. The van der Waals surface area contributed by atoms with Crippen LogP contribution in [-0.2, 0) is 11.8 Å². The zero-order valence-electron chi connectivity index (χ0n) is 10.8. The predicted molar refractivity (Wildman–Crippen MR) is 75.0 cm³/mol. The Labute approximate surface area is 102 Å². The first-order chi connectivity index (χ1) is 7.14. The van der Waals surface area contributed by atoms with E-state index in [2.05, 4.69) is 45.0 Å². The van der Waals surface area contributed by atoms with E-state index in [0.717, 1.165) is 5.92 Å². The number of fused-ring (bicyclic) bond motifs is 1. The molecule has 0 aliphatic heterocycles. The van der Waals surface area contributed by atoms with Crippen molar-refractivity contribution in [2.45, 2.75) is 60.3 Å². The van der Waals surface area contributed by atoms with E-state index in [0.29, 0.717) is 5.41 Å². The first-order valence-corrected chi connectivity index (χ1v) is 6.23. The van der Waals surface area contributed by atoms with E-state index in [1.807, 2.05) is 13.8 Å². The number of rotatable bonds is 1. The average molecular weight is 220 g/mol. The van der Waals surface area contributed by atoms with Gasteiger partial charge in [0.15, 0.2) is 0 Å². The zero-order valence-corrected chi connectivity index (χ0v) is 10.8. The minimum Gasteiger partial charge on any atom is -0.0776 e. The average Bonchev–Trinajstić information content (AvgIpc) is 2.62. The molecule has 0 fully saturated rings. The summed E-state index contributed by atoms with van der Waals surface area (Å²) >= 11 is 0. The molecule has 92 valence electrons. The van der Waals surface area contributed by atoms with Crippen molar-refractivity contribution < 1.29 is 0 Å². The summed E-state index contributed by atoms with van der Waals surface area (Å²) in [5.41, 5.74) is 3.58. The van der Waals surface area contributed by atoms with Gasteiger partial charge in [0, 0.05) is 0 Å². The second kappa shape index (κ2) is 6.08. The monoisotopic (exact) mass is 220 g/mol. The van der Waals surface area contributed by atoms with Gasteiger partial charge in [0.2, 0.25) is 0 Å². The fourth-order valence-corrected chi connectivity index (χ4v) is 2.42. The van der Waals surface area contributed by atoms with Gasteiger partial charge in [0.1, 0.15) is 0 Å². The largest absolute Gasteiger partial charge is 0.0776 e. The van der Waals surface area contributed by atoms with Gasteiger partial charge in [-0.05, 0) is 35.3 Å². The number of hydrogen-bond acceptors (Lipinski definition) is 0. The van der Waals surface area contributed by atoms with Crippen molar-refractivity contribution in [2.24, 2.45) is 5.92 Å². The third-order valence-electron chi connectivity index (χ3n) is 3.82. The lowest BCUT2D eigenvalue weighted by molar-refractivity contribution is 0.337. The predicted octanol–water partition coefficient (Wildman–Crippen LogP) is 5.21. The van der Waals surface area contributed by atoms with Crippen molar-refractivity contribution in [3.8, 4) is 0 Å². The van der Waals surface area contributed by atoms with Crippen LogP contribution in [0.25, 0.3) is 0 Å². The van der Waals surface area contributed by atoms with E-state index in [9.17, 15) is 0 Å². The van der Waals surface area contributed by atoms with Gasteiger partial charge in [0.25, 0.3) is 0 Å². The molecule has 0 radical (unpaired) electrons. The van der Waals surface area contributed by atoms with Crippen LogP contribution in [0.1, 0.15) is 59.6 Å². The fraction of sp³-hybridized carbons (Fsp3) is 0.625. The first-order valence-electron chi connectivity index (χ1n) is 6.23. The van der Waals surface area contributed by atoms with Crippen LogP contribution in [-0.4, -0.2) is 0 Å². The minimum absolute atomic E-state index is 0. The molecule has 0 heterocycles. The summed E-state index contributed by atoms with van der Waals surface area (Å²) in [6, 6.07) is 8.92. The molecule has 16 heavy (non-hydrogen) atoms. The standard InChI is InChI=1S/C13H18.C2H6.CH4/c1-10(2)13(3)9-8-11-6-4-5-7-12(11)13;1-2;/h4-7,10H,8-9H2,1-3H3;1-2H3;1H4. The molecular weight excluding hydrogens is 192 g/mol. The second-order valence-corrected chi connectivity index (χ2v) is 4.73. The Balaban J connectivity index is 0.000000711. The topological polar surface area (TPSA) is 0 Å². The molecule has 0 saturated carbocycles. The van der Waals surface area contributed by atoms with Crippen molar-refractivity contribution in [3.63, 3.8) is 0 Å². The summed E-state index contributed by atoms with van der Waals surface area (Å²) in [4.78, 5) is 0. The molecule has 1 atom stereocenters. The Morgan fingerprint density at radius 3 is 2.25 bits per heavy atom. The van der Waals surface area contributed by atoms with Crippen LogP contribution in [0.2, 0.25) is 0 Å². The SMILES string of the molecule is C.CC.CC(C)C1(C)CCc2ccccc21. The zero-order chi connectivity index (χ0) is 11.5. The van der Waals surface area contributed by atoms with Crippen LogP contribution in [0, 0.1) is 5.92 Å². The van der Waals surface area contributed by atoms with E-state index in [4.69, 9.17) is 0 Å². The van der Waals surface area contributed by atoms with Crippen molar-refractivity contribution in [1.82, 2.24) is 0 Å². The van der Waals surface area contributed by atoms with Crippen LogP contribution in [0.5, 0.6) is 0 Å². The Hall–Kier alpha value is -0.780. The molecule has 2 rings (SSSR count). The molecule has 0 saturated heterocycles. The maximum absolute atomic E-state index is 2.41. The van der Waals surface area contributed by atoms with E-state index >= 15 is 0 Å². The van der Waals surface area contributed by atoms with Gasteiger partial charge >= 0.3 is 0 Å².